The Morgan fingerprint density at radius 3 is 2.45 bits per heavy atom. The van der Waals surface area contributed by atoms with E-state index in [9.17, 15) is 18.8 Å². The Kier molecular flexibility index (Phi) is 9.04. The molecule has 38 heavy (non-hydrogen) atoms. The van der Waals surface area contributed by atoms with Gasteiger partial charge >= 0.3 is 6.03 Å². The fourth-order valence-corrected chi connectivity index (χ4v) is 5.05. The van der Waals surface area contributed by atoms with Crippen LogP contribution in [0.1, 0.15) is 17.5 Å². The van der Waals surface area contributed by atoms with E-state index in [0.717, 1.165) is 21.9 Å². The maximum Gasteiger partial charge on any atom is 0.318 e. The zero-order valence-electron chi connectivity index (χ0n) is 21.4. The highest BCUT2D eigenvalue weighted by Crippen LogP contribution is 2.21. The molecule has 1 aliphatic rings. The van der Waals surface area contributed by atoms with Crippen LogP contribution in [0.4, 0.5) is 9.18 Å². The highest BCUT2D eigenvalue weighted by atomic mass is 19.1. The first-order chi connectivity index (χ1) is 18.3. The lowest BCUT2D eigenvalue weighted by Crippen LogP contribution is -2.62. The molecule has 2 unspecified atom stereocenters. The average Bonchev–Trinajstić information content (AvgIpc) is 2.91. The summed E-state index contributed by atoms with van der Waals surface area (Å²) in [5.41, 5.74) is 7.11. The number of rotatable bonds is 9. The number of urea groups is 1. The van der Waals surface area contributed by atoms with Crippen molar-refractivity contribution >= 4 is 28.6 Å². The molecule has 1 heterocycles. The van der Waals surface area contributed by atoms with E-state index < -0.39 is 18.0 Å². The topological polar surface area (TPSA) is 105 Å². The summed E-state index contributed by atoms with van der Waals surface area (Å²) in [5, 5.41) is 4.40. The van der Waals surface area contributed by atoms with Gasteiger partial charge in [0, 0.05) is 33.2 Å². The number of fused-ring (bicyclic) bond motifs is 1. The molecule has 0 saturated carbocycles. The molecule has 1 fully saturated rings. The lowest BCUT2D eigenvalue weighted by molar-refractivity contribution is -0.139. The van der Waals surface area contributed by atoms with Crippen LogP contribution in [-0.2, 0) is 27.2 Å². The molecule has 4 rings (SSSR count). The minimum absolute atomic E-state index is 0.0244. The second-order valence-corrected chi connectivity index (χ2v) is 9.57. The second kappa shape index (κ2) is 12.6. The first-order valence-electron chi connectivity index (χ1n) is 12.7. The number of ether oxygens (including phenoxy) is 1. The molecule has 0 aliphatic carbocycles. The normalized spacial score (nSPS) is 16.8. The van der Waals surface area contributed by atoms with Gasteiger partial charge in [0.15, 0.2) is 0 Å². The summed E-state index contributed by atoms with van der Waals surface area (Å²) in [6.07, 6.45) is 1.17. The summed E-state index contributed by atoms with van der Waals surface area (Å²) in [4.78, 5) is 41.5. The number of nitrogens with one attached hydrogen (secondary N) is 1. The molecule has 0 spiro atoms. The van der Waals surface area contributed by atoms with Crippen LogP contribution in [0.25, 0.3) is 10.8 Å². The zero-order chi connectivity index (χ0) is 27.1. The van der Waals surface area contributed by atoms with Crippen molar-refractivity contribution in [3.8, 4) is 0 Å². The predicted molar refractivity (Wildman–Crippen MR) is 143 cm³/mol. The molecule has 0 bridgehead atoms. The Morgan fingerprint density at radius 2 is 1.74 bits per heavy atom. The molecule has 8 nitrogen and oxygen atoms in total. The van der Waals surface area contributed by atoms with E-state index >= 15 is 0 Å². The molecule has 3 aromatic rings. The number of piperazine rings is 1. The Hall–Kier alpha value is -3.82. The number of carbonyl (C=O) groups is 3. The minimum Gasteiger partial charge on any atom is -0.382 e. The van der Waals surface area contributed by atoms with Crippen LogP contribution in [0.5, 0.6) is 0 Å². The lowest BCUT2D eigenvalue weighted by atomic mass is 9.98. The number of methoxy groups -OCH3 is 1. The third-order valence-electron chi connectivity index (χ3n) is 6.97. The van der Waals surface area contributed by atoms with Gasteiger partial charge in [-0.3, -0.25) is 19.8 Å². The average molecular weight is 521 g/mol. The summed E-state index contributed by atoms with van der Waals surface area (Å²) in [6, 6.07) is 18.3. The minimum atomic E-state index is -0.901. The van der Waals surface area contributed by atoms with Gasteiger partial charge in [-0.2, -0.15) is 0 Å². The van der Waals surface area contributed by atoms with Crippen LogP contribution < -0.4 is 11.1 Å². The van der Waals surface area contributed by atoms with Crippen LogP contribution in [0, 0.1) is 5.82 Å². The van der Waals surface area contributed by atoms with E-state index in [1.54, 1.807) is 24.1 Å². The maximum atomic E-state index is 13.2. The Balaban J connectivity index is 1.48. The number of primary amides is 1. The molecule has 1 aliphatic heterocycles. The van der Waals surface area contributed by atoms with Crippen LogP contribution in [0.2, 0.25) is 0 Å². The van der Waals surface area contributed by atoms with Gasteiger partial charge in [-0.1, -0.05) is 54.6 Å². The number of nitrogens with two attached hydrogens (primary N) is 1. The summed E-state index contributed by atoms with van der Waals surface area (Å²) in [6.45, 7) is 1.57. The van der Waals surface area contributed by atoms with E-state index in [1.807, 2.05) is 47.4 Å². The van der Waals surface area contributed by atoms with Gasteiger partial charge in [-0.05, 0) is 46.9 Å². The quantitative estimate of drug-likeness (QED) is 0.452. The molecule has 0 radical (unpaired) electrons. The molecule has 1 saturated heterocycles. The Morgan fingerprint density at radius 1 is 1.03 bits per heavy atom. The van der Waals surface area contributed by atoms with Crippen molar-refractivity contribution in [3.05, 3.63) is 83.7 Å². The second-order valence-electron chi connectivity index (χ2n) is 9.57. The standard InChI is InChI=1S/C29H33FN4O4/c1-38-19-25-18-33(14-15-34(25)27(35)13-9-20-7-11-24(30)12-8-20)26(28(36)32-29(31)37)17-21-6-10-22-4-2-3-5-23(22)16-21/h2-8,10-12,16,25-26H,9,13-15,17-19H2,1H3,(H3,31,32,36,37). The van der Waals surface area contributed by atoms with E-state index in [4.69, 9.17) is 10.5 Å². The Labute approximate surface area is 221 Å². The summed E-state index contributed by atoms with van der Waals surface area (Å²) in [7, 11) is 1.58. The molecular formula is C29H33FN4O4. The van der Waals surface area contributed by atoms with Crippen molar-refractivity contribution in [3.63, 3.8) is 0 Å². The first kappa shape index (κ1) is 27.2. The van der Waals surface area contributed by atoms with E-state index in [-0.39, 0.29) is 24.2 Å². The summed E-state index contributed by atoms with van der Waals surface area (Å²) in [5.74, 6) is -0.809. The van der Waals surface area contributed by atoms with Gasteiger partial charge in [0.2, 0.25) is 11.8 Å². The number of benzene rings is 3. The monoisotopic (exact) mass is 520 g/mol. The predicted octanol–water partition coefficient (Wildman–Crippen LogP) is 2.88. The largest absolute Gasteiger partial charge is 0.382 e. The third kappa shape index (κ3) is 6.93. The SMILES string of the molecule is COCC1CN(C(Cc2ccc3ccccc3c2)C(=O)NC(N)=O)CCN1C(=O)CCc1ccc(F)cc1. The summed E-state index contributed by atoms with van der Waals surface area (Å²) < 4.78 is 18.6. The third-order valence-corrected chi connectivity index (χ3v) is 6.97. The molecule has 9 heteroatoms. The fourth-order valence-electron chi connectivity index (χ4n) is 5.05. The molecule has 0 aromatic heterocycles. The molecule has 2 atom stereocenters. The fraction of sp³-hybridized carbons (Fsp3) is 0.345. The van der Waals surface area contributed by atoms with Gasteiger partial charge in [-0.15, -0.1) is 0 Å². The van der Waals surface area contributed by atoms with E-state index in [2.05, 4.69) is 5.32 Å². The van der Waals surface area contributed by atoms with Crippen molar-refractivity contribution in [1.82, 2.24) is 15.1 Å². The summed E-state index contributed by atoms with van der Waals surface area (Å²) >= 11 is 0. The van der Waals surface area contributed by atoms with Crippen LogP contribution in [0.15, 0.2) is 66.7 Å². The zero-order valence-corrected chi connectivity index (χ0v) is 21.4. The van der Waals surface area contributed by atoms with E-state index in [1.165, 1.54) is 12.1 Å². The number of nitrogens with zero attached hydrogens (tertiary/aromatic N) is 2. The van der Waals surface area contributed by atoms with Gasteiger partial charge in [0.05, 0.1) is 18.7 Å². The number of halogens is 1. The number of hydrogen-bond donors (Lipinski definition) is 2. The molecule has 200 valence electrons. The van der Waals surface area contributed by atoms with Crippen molar-refractivity contribution in [2.24, 2.45) is 5.73 Å². The van der Waals surface area contributed by atoms with Gasteiger partial charge < -0.3 is 15.4 Å². The molecular weight excluding hydrogens is 487 g/mol. The highest BCUT2D eigenvalue weighted by molar-refractivity contribution is 5.96. The number of carbonyl (C=O) groups excluding carboxylic acids is 3. The van der Waals surface area contributed by atoms with Crippen LogP contribution in [0.3, 0.4) is 0 Å². The molecule has 3 aromatic carbocycles. The van der Waals surface area contributed by atoms with Gasteiger partial charge in [0.1, 0.15) is 5.82 Å². The van der Waals surface area contributed by atoms with Gasteiger partial charge in [-0.25, -0.2) is 9.18 Å². The van der Waals surface area contributed by atoms with Crippen LogP contribution >= 0.6 is 0 Å². The van der Waals surface area contributed by atoms with Crippen molar-refractivity contribution in [2.45, 2.75) is 31.3 Å². The van der Waals surface area contributed by atoms with E-state index in [0.29, 0.717) is 39.1 Å². The highest BCUT2D eigenvalue weighted by Gasteiger charge is 2.36. The number of imide groups is 1. The lowest BCUT2D eigenvalue weighted by Gasteiger charge is -2.43. The van der Waals surface area contributed by atoms with Crippen molar-refractivity contribution < 1.29 is 23.5 Å². The first-order valence-corrected chi connectivity index (χ1v) is 12.7. The maximum absolute atomic E-state index is 13.2. The number of amides is 4. The molecule has 3 N–H and O–H groups in total. The van der Waals surface area contributed by atoms with Crippen LogP contribution in [-0.4, -0.2) is 73.1 Å². The van der Waals surface area contributed by atoms with Gasteiger partial charge in [0.25, 0.3) is 0 Å². The number of hydrogen-bond acceptors (Lipinski definition) is 5. The number of aryl methyl sites for hydroxylation is 1. The Bertz CT molecular complexity index is 1280. The molecule has 4 amide bonds. The van der Waals surface area contributed by atoms with Crippen molar-refractivity contribution in [2.75, 3.05) is 33.4 Å². The smallest absolute Gasteiger partial charge is 0.318 e. The van der Waals surface area contributed by atoms with Crippen molar-refractivity contribution in [1.29, 1.82) is 0 Å².